The standard InChI is InChI=1S/C26H32N4O4S/c1-19(2)26-28-24(29-34-26)17-20-13-15-21(16-14-20)27-25(31)18-30(22-9-5-3-6-10-22)35(32,33)23-11-7-4-8-12-23/h4,7-8,11-16,19,22H,3,5-6,9-10,17-18H2,1-2H3,(H,27,31). The Labute approximate surface area is 206 Å². The fourth-order valence-electron chi connectivity index (χ4n) is 4.31. The lowest BCUT2D eigenvalue weighted by Crippen LogP contribution is -2.45. The minimum absolute atomic E-state index is 0.173. The number of nitrogens with one attached hydrogen (secondary N) is 1. The van der Waals surface area contributed by atoms with Gasteiger partial charge in [-0.1, -0.05) is 68.6 Å². The number of benzene rings is 2. The number of anilines is 1. The number of hydrogen-bond acceptors (Lipinski definition) is 6. The summed E-state index contributed by atoms with van der Waals surface area (Å²) >= 11 is 0. The van der Waals surface area contributed by atoms with Crippen molar-refractivity contribution < 1.29 is 17.7 Å². The molecule has 1 aromatic heterocycles. The quantitative estimate of drug-likeness (QED) is 0.458. The van der Waals surface area contributed by atoms with Crippen molar-refractivity contribution >= 4 is 21.6 Å². The molecule has 1 fully saturated rings. The zero-order valence-electron chi connectivity index (χ0n) is 20.2. The predicted octanol–water partition coefficient (Wildman–Crippen LogP) is 4.75. The van der Waals surface area contributed by atoms with Crippen molar-refractivity contribution in [3.63, 3.8) is 0 Å². The third-order valence-electron chi connectivity index (χ3n) is 6.21. The maximum atomic E-state index is 13.4. The molecule has 1 heterocycles. The topological polar surface area (TPSA) is 105 Å². The number of nitrogens with zero attached hydrogens (tertiary/aromatic N) is 3. The van der Waals surface area contributed by atoms with Crippen molar-refractivity contribution in [3.8, 4) is 0 Å². The van der Waals surface area contributed by atoms with Gasteiger partial charge in [0.2, 0.25) is 21.8 Å². The van der Waals surface area contributed by atoms with Crippen LogP contribution in [0, 0.1) is 0 Å². The molecule has 1 aliphatic rings. The van der Waals surface area contributed by atoms with Gasteiger partial charge in [0.15, 0.2) is 5.82 Å². The molecule has 0 unspecified atom stereocenters. The third-order valence-corrected chi connectivity index (χ3v) is 8.12. The van der Waals surface area contributed by atoms with Crippen LogP contribution in [0.3, 0.4) is 0 Å². The molecule has 1 saturated carbocycles. The summed E-state index contributed by atoms with van der Waals surface area (Å²) in [5.74, 6) is 1.03. The highest BCUT2D eigenvalue weighted by atomic mass is 32.2. The molecule has 1 aliphatic carbocycles. The van der Waals surface area contributed by atoms with Crippen molar-refractivity contribution in [1.82, 2.24) is 14.4 Å². The lowest BCUT2D eigenvalue weighted by molar-refractivity contribution is -0.116. The van der Waals surface area contributed by atoms with Gasteiger partial charge in [-0.3, -0.25) is 4.79 Å². The zero-order valence-corrected chi connectivity index (χ0v) is 21.0. The van der Waals surface area contributed by atoms with E-state index in [1.54, 1.807) is 42.5 Å². The molecule has 4 rings (SSSR count). The first-order chi connectivity index (χ1) is 16.8. The van der Waals surface area contributed by atoms with E-state index in [1.165, 1.54) is 4.31 Å². The first kappa shape index (κ1) is 25.1. The van der Waals surface area contributed by atoms with Gasteiger partial charge >= 0.3 is 0 Å². The fraction of sp³-hybridized carbons (Fsp3) is 0.423. The van der Waals surface area contributed by atoms with Crippen LogP contribution in [0.25, 0.3) is 0 Å². The number of sulfonamides is 1. The molecule has 1 amide bonds. The second-order valence-corrected chi connectivity index (χ2v) is 11.2. The molecule has 0 saturated heterocycles. The summed E-state index contributed by atoms with van der Waals surface area (Å²) in [6.45, 7) is 3.77. The number of aromatic nitrogens is 2. The molecule has 8 nitrogen and oxygen atoms in total. The Balaban J connectivity index is 1.43. The third kappa shape index (κ3) is 6.35. The largest absolute Gasteiger partial charge is 0.339 e. The number of hydrogen-bond donors (Lipinski definition) is 1. The first-order valence-corrected chi connectivity index (χ1v) is 13.5. The van der Waals surface area contributed by atoms with Crippen LogP contribution in [0.15, 0.2) is 64.0 Å². The molecule has 1 N–H and O–H groups in total. The summed E-state index contributed by atoms with van der Waals surface area (Å²) in [5, 5.41) is 6.86. The van der Waals surface area contributed by atoms with Gasteiger partial charge in [0, 0.05) is 24.1 Å². The van der Waals surface area contributed by atoms with Crippen LogP contribution >= 0.6 is 0 Å². The Kier molecular flexibility index (Phi) is 7.97. The highest BCUT2D eigenvalue weighted by Gasteiger charge is 2.33. The van der Waals surface area contributed by atoms with Gasteiger partial charge in [-0.15, -0.1) is 0 Å². The van der Waals surface area contributed by atoms with E-state index in [-0.39, 0.29) is 29.3 Å². The van der Waals surface area contributed by atoms with E-state index in [1.807, 2.05) is 26.0 Å². The first-order valence-electron chi connectivity index (χ1n) is 12.1. The average Bonchev–Trinajstić information content (AvgIpc) is 3.34. The molecule has 0 radical (unpaired) electrons. The summed E-state index contributed by atoms with van der Waals surface area (Å²) in [4.78, 5) is 17.5. The molecule has 0 aliphatic heterocycles. The van der Waals surface area contributed by atoms with Gasteiger partial charge in [0.1, 0.15) is 0 Å². The number of rotatable bonds is 9. The lowest BCUT2D eigenvalue weighted by atomic mass is 9.95. The highest BCUT2D eigenvalue weighted by Crippen LogP contribution is 2.28. The molecular weight excluding hydrogens is 464 g/mol. The van der Waals surface area contributed by atoms with Gasteiger partial charge in [-0.25, -0.2) is 8.42 Å². The summed E-state index contributed by atoms with van der Waals surface area (Å²) in [5.41, 5.74) is 1.59. The fourth-order valence-corrected chi connectivity index (χ4v) is 5.97. The smallest absolute Gasteiger partial charge is 0.243 e. The second-order valence-electron chi connectivity index (χ2n) is 9.28. The van der Waals surface area contributed by atoms with Crippen LogP contribution in [0.5, 0.6) is 0 Å². The van der Waals surface area contributed by atoms with Crippen LogP contribution < -0.4 is 5.32 Å². The van der Waals surface area contributed by atoms with E-state index < -0.39 is 10.0 Å². The van der Waals surface area contributed by atoms with E-state index in [0.29, 0.717) is 23.8 Å². The van der Waals surface area contributed by atoms with E-state index in [0.717, 1.165) is 37.7 Å². The Morgan fingerprint density at radius 1 is 1.06 bits per heavy atom. The van der Waals surface area contributed by atoms with Crippen LogP contribution in [-0.2, 0) is 21.2 Å². The normalized spacial score (nSPS) is 15.0. The van der Waals surface area contributed by atoms with E-state index in [9.17, 15) is 13.2 Å². The monoisotopic (exact) mass is 496 g/mol. The van der Waals surface area contributed by atoms with Gasteiger partial charge < -0.3 is 9.84 Å². The van der Waals surface area contributed by atoms with Gasteiger partial charge in [0.05, 0.1) is 11.4 Å². The van der Waals surface area contributed by atoms with Crippen molar-refractivity contribution in [1.29, 1.82) is 0 Å². The van der Waals surface area contributed by atoms with Crippen LogP contribution in [0.1, 0.15) is 69.1 Å². The molecule has 0 atom stereocenters. The van der Waals surface area contributed by atoms with Crippen LogP contribution in [-0.4, -0.2) is 41.4 Å². The minimum Gasteiger partial charge on any atom is -0.339 e. The maximum Gasteiger partial charge on any atom is 0.243 e. The molecular formula is C26H32N4O4S. The molecule has 2 aromatic carbocycles. The predicted molar refractivity (Wildman–Crippen MR) is 133 cm³/mol. The van der Waals surface area contributed by atoms with Crippen molar-refractivity contribution in [2.75, 3.05) is 11.9 Å². The highest BCUT2D eigenvalue weighted by molar-refractivity contribution is 7.89. The maximum absolute atomic E-state index is 13.4. The SMILES string of the molecule is CC(C)c1nc(Cc2ccc(NC(=O)CN(C3CCCCC3)S(=O)(=O)c3ccccc3)cc2)no1. The summed E-state index contributed by atoms with van der Waals surface area (Å²) < 4.78 is 33.4. The lowest BCUT2D eigenvalue weighted by Gasteiger charge is -2.33. The summed E-state index contributed by atoms with van der Waals surface area (Å²) in [7, 11) is -3.78. The molecule has 0 bridgehead atoms. The number of carbonyl (C=O) groups excluding carboxylic acids is 1. The zero-order chi connectivity index (χ0) is 24.8. The Morgan fingerprint density at radius 2 is 1.74 bits per heavy atom. The van der Waals surface area contributed by atoms with Crippen molar-refractivity contribution in [2.45, 2.75) is 69.2 Å². The van der Waals surface area contributed by atoms with E-state index in [4.69, 9.17) is 4.52 Å². The molecule has 0 spiro atoms. The number of carbonyl (C=O) groups is 1. The molecule has 186 valence electrons. The van der Waals surface area contributed by atoms with Crippen LogP contribution in [0.4, 0.5) is 5.69 Å². The Morgan fingerprint density at radius 3 is 2.37 bits per heavy atom. The van der Waals surface area contributed by atoms with Crippen molar-refractivity contribution in [3.05, 3.63) is 71.9 Å². The van der Waals surface area contributed by atoms with Crippen molar-refractivity contribution in [2.24, 2.45) is 0 Å². The Bertz CT molecular complexity index is 1220. The molecule has 35 heavy (non-hydrogen) atoms. The summed E-state index contributed by atoms with van der Waals surface area (Å²) in [6, 6.07) is 15.5. The van der Waals surface area contributed by atoms with E-state index >= 15 is 0 Å². The summed E-state index contributed by atoms with van der Waals surface area (Å²) in [6.07, 6.45) is 5.08. The second kappa shape index (κ2) is 11.1. The van der Waals surface area contributed by atoms with Gasteiger partial charge in [0.25, 0.3) is 0 Å². The molecule has 3 aromatic rings. The van der Waals surface area contributed by atoms with Gasteiger partial charge in [-0.05, 0) is 42.7 Å². The average molecular weight is 497 g/mol. The Hall–Kier alpha value is -3.04. The van der Waals surface area contributed by atoms with Gasteiger partial charge in [-0.2, -0.15) is 9.29 Å². The van der Waals surface area contributed by atoms with E-state index in [2.05, 4.69) is 15.5 Å². The molecule has 9 heteroatoms. The number of amides is 1. The van der Waals surface area contributed by atoms with Crippen LogP contribution in [0.2, 0.25) is 0 Å². The minimum atomic E-state index is -3.78.